The van der Waals surface area contributed by atoms with E-state index in [0.717, 1.165) is 28.6 Å². The number of hydrogen-bond acceptors (Lipinski definition) is 4. The zero-order chi connectivity index (χ0) is 25.1. The molecule has 7 aromatic rings. The Morgan fingerprint density at radius 3 is 1.97 bits per heavy atom. The predicted octanol–water partition coefficient (Wildman–Crippen LogP) is 8.40. The van der Waals surface area contributed by atoms with E-state index in [4.69, 9.17) is 15.0 Å². The van der Waals surface area contributed by atoms with E-state index in [9.17, 15) is 0 Å². The van der Waals surface area contributed by atoms with Crippen molar-refractivity contribution in [3.8, 4) is 28.7 Å². The second-order valence-corrected chi connectivity index (χ2v) is 11.0. The quantitative estimate of drug-likeness (QED) is 0.241. The standard InChI is InChI=1S/C33H24N4S/c1-3-11-21(12-4-1)31-34-32(22-13-5-2-6-14-22)36-33(35-31)37-25-17-9-7-15-23(25)29-26(37)19-20-28-30(29)24-16-8-10-18-27(24)38-28/h1-7,9,11-15,17,19-20H,8,10,16,18H2. The number of benzene rings is 4. The Labute approximate surface area is 224 Å². The van der Waals surface area contributed by atoms with Gasteiger partial charge in [-0.3, -0.25) is 4.57 Å². The SMILES string of the molecule is c1ccc(-c2nc(-c3ccccc3)nc(-n3c4ccccc4c4c5c6c(sc5ccc43)CCCC6)n2)cc1. The van der Waals surface area contributed by atoms with E-state index in [1.807, 2.05) is 47.7 Å². The Morgan fingerprint density at radius 1 is 0.579 bits per heavy atom. The van der Waals surface area contributed by atoms with E-state index in [-0.39, 0.29) is 0 Å². The van der Waals surface area contributed by atoms with Crippen LogP contribution < -0.4 is 0 Å². The molecule has 3 aromatic heterocycles. The van der Waals surface area contributed by atoms with Gasteiger partial charge in [0, 0.05) is 36.9 Å². The van der Waals surface area contributed by atoms with Gasteiger partial charge in [0.2, 0.25) is 5.95 Å². The summed E-state index contributed by atoms with van der Waals surface area (Å²) in [6.07, 6.45) is 4.92. The highest BCUT2D eigenvalue weighted by atomic mass is 32.1. The number of para-hydroxylation sites is 1. The molecule has 0 radical (unpaired) electrons. The van der Waals surface area contributed by atoms with Crippen molar-refractivity contribution in [2.75, 3.05) is 0 Å². The van der Waals surface area contributed by atoms with Crippen molar-refractivity contribution in [1.82, 2.24) is 19.5 Å². The first-order chi connectivity index (χ1) is 18.8. The molecule has 0 atom stereocenters. The minimum absolute atomic E-state index is 0.646. The third-order valence-electron chi connectivity index (χ3n) is 7.64. The molecule has 8 rings (SSSR count). The van der Waals surface area contributed by atoms with E-state index in [0.29, 0.717) is 17.6 Å². The van der Waals surface area contributed by atoms with Crippen LogP contribution in [0.3, 0.4) is 0 Å². The summed E-state index contributed by atoms with van der Waals surface area (Å²) in [4.78, 5) is 16.6. The molecule has 38 heavy (non-hydrogen) atoms. The maximum absolute atomic E-state index is 5.07. The Bertz CT molecular complexity index is 1910. The van der Waals surface area contributed by atoms with Gasteiger partial charge >= 0.3 is 0 Å². The second-order valence-electron chi connectivity index (χ2n) is 9.91. The van der Waals surface area contributed by atoms with Crippen LogP contribution in [0.5, 0.6) is 0 Å². The highest BCUT2D eigenvalue weighted by Gasteiger charge is 2.23. The molecule has 182 valence electrons. The smallest absolute Gasteiger partial charge is 0.238 e. The van der Waals surface area contributed by atoms with E-state index >= 15 is 0 Å². The zero-order valence-corrected chi connectivity index (χ0v) is 21.6. The normalized spacial score (nSPS) is 13.4. The maximum Gasteiger partial charge on any atom is 0.238 e. The van der Waals surface area contributed by atoms with Gasteiger partial charge in [-0.15, -0.1) is 11.3 Å². The number of aryl methyl sites for hydroxylation is 2. The Balaban J connectivity index is 1.48. The molecule has 0 saturated carbocycles. The van der Waals surface area contributed by atoms with Gasteiger partial charge in [0.1, 0.15) is 0 Å². The van der Waals surface area contributed by atoms with Crippen LogP contribution in [0.4, 0.5) is 0 Å². The highest BCUT2D eigenvalue weighted by molar-refractivity contribution is 7.19. The largest absolute Gasteiger partial charge is 0.278 e. The van der Waals surface area contributed by atoms with Crippen molar-refractivity contribution >= 4 is 43.2 Å². The maximum atomic E-state index is 5.07. The lowest BCUT2D eigenvalue weighted by Crippen LogP contribution is -2.06. The minimum atomic E-state index is 0.646. The summed E-state index contributed by atoms with van der Waals surface area (Å²) >= 11 is 1.98. The second kappa shape index (κ2) is 8.61. The Kier molecular flexibility index (Phi) is 4.92. The fourth-order valence-electron chi connectivity index (χ4n) is 5.93. The number of thiophene rings is 1. The first-order valence-electron chi connectivity index (χ1n) is 13.2. The van der Waals surface area contributed by atoms with Crippen molar-refractivity contribution in [2.24, 2.45) is 0 Å². The molecule has 0 spiro atoms. The molecular weight excluding hydrogens is 484 g/mol. The number of rotatable bonds is 3. The lowest BCUT2D eigenvalue weighted by molar-refractivity contribution is 0.700. The molecule has 4 aromatic carbocycles. The van der Waals surface area contributed by atoms with Crippen molar-refractivity contribution in [1.29, 1.82) is 0 Å². The molecule has 0 saturated heterocycles. The van der Waals surface area contributed by atoms with Crippen LogP contribution in [0, 0.1) is 0 Å². The van der Waals surface area contributed by atoms with E-state index in [2.05, 4.69) is 65.2 Å². The third-order valence-corrected chi connectivity index (χ3v) is 8.90. The first-order valence-corrected chi connectivity index (χ1v) is 14.0. The molecule has 0 fully saturated rings. The molecule has 0 aliphatic heterocycles. The van der Waals surface area contributed by atoms with Gasteiger partial charge in [-0.2, -0.15) is 9.97 Å². The summed E-state index contributed by atoms with van der Waals surface area (Å²) in [6.45, 7) is 0. The average Bonchev–Trinajstić information content (AvgIpc) is 3.53. The van der Waals surface area contributed by atoms with Crippen LogP contribution in [-0.4, -0.2) is 19.5 Å². The van der Waals surface area contributed by atoms with Crippen LogP contribution in [0.1, 0.15) is 23.3 Å². The van der Waals surface area contributed by atoms with Gasteiger partial charge in [-0.05, 0) is 49.4 Å². The minimum Gasteiger partial charge on any atom is -0.278 e. The fraction of sp³-hybridized carbons (Fsp3) is 0.121. The number of hydrogen-bond donors (Lipinski definition) is 0. The molecule has 0 unspecified atom stereocenters. The van der Waals surface area contributed by atoms with Crippen LogP contribution in [0.2, 0.25) is 0 Å². The van der Waals surface area contributed by atoms with Gasteiger partial charge in [-0.1, -0.05) is 78.9 Å². The molecule has 3 heterocycles. The molecule has 4 nitrogen and oxygen atoms in total. The van der Waals surface area contributed by atoms with Gasteiger partial charge in [0.25, 0.3) is 0 Å². The monoisotopic (exact) mass is 508 g/mol. The van der Waals surface area contributed by atoms with Crippen molar-refractivity contribution in [3.63, 3.8) is 0 Å². The molecule has 5 heteroatoms. The average molecular weight is 509 g/mol. The zero-order valence-electron chi connectivity index (χ0n) is 20.8. The summed E-state index contributed by atoms with van der Waals surface area (Å²) in [5.41, 5.74) is 5.77. The van der Waals surface area contributed by atoms with Crippen LogP contribution in [-0.2, 0) is 12.8 Å². The topological polar surface area (TPSA) is 43.6 Å². The van der Waals surface area contributed by atoms with Crippen LogP contribution >= 0.6 is 11.3 Å². The molecule has 0 N–H and O–H groups in total. The van der Waals surface area contributed by atoms with Crippen LogP contribution in [0.25, 0.3) is 60.6 Å². The molecular formula is C33H24N4S. The third kappa shape index (κ3) is 3.32. The van der Waals surface area contributed by atoms with Gasteiger partial charge in [-0.25, -0.2) is 4.98 Å². The molecule has 1 aliphatic rings. The molecule has 0 amide bonds. The van der Waals surface area contributed by atoms with Gasteiger partial charge in [0.05, 0.1) is 11.0 Å². The highest BCUT2D eigenvalue weighted by Crippen LogP contribution is 2.44. The lowest BCUT2D eigenvalue weighted by atomic mass is 9.94. The van der Waals surface area contributed by atoms with Crippen molar-refractivity contribution in [2.45, 2.75) is 25.7 Å². The Hall–Kier alpha value is -4.35. The fourth-order valence-corrected chi connectivity index (χ4v) is 7.23. The molecule has 0 bridgehead atoms. The summed E-state index contributed by atoms with van der Waals surface area (Å²) in [5, 5.41) is 4.00. The predicted molar refractivity (Wildman–Crippen MR) is 157 cm³/mol. The number of nitrogens with zero attached hydrogens (tertiary/aromatic N) is 4. The van der Waals surface area contributed by atoms with Crippen molar-refractivity contribution < 1.29 is 0 Å². The Morgan fingerprint density at radius 2 is 1.24 bits per heavy atom. The van der Waals surface area contributed by atoms with Crippen molar-refractivity contribution in [3.05, 3.63) is 108 Å². The summed E-state index contributed by atoms with van der Waals surface area (Å²) in [7, 11) is 0. The summed E-state index contributed by atoms with van der Waals surface area (Å²) < 4.78 is 3.62. The van der Waals surface area contributed by atoms with E-state index in [1.165, 1.54) is 40.1 Å². The van der Waals surface area contributed by atoms with Crippen LogP contribution in [0.15, 0.2) is 97.1 Å². The number of fused-ring (bicyclic) bond motifs is 7. The summed E-state index contributed by atoms with van der Waals surface area (Å²) in [5.74, 6) is 2.00. The molecule has 1 aliphatic carbocycles. The summed E-state index contributed by atoms with van der Waals surface area (Å²) in [6, 6.07) is 33.6. The van der Waals surface area contributed by atoms with E-state index < -0.39 is 0 Å². The first kappa shape index (κ1) is 21.7. The van der Waals surface area contributed by atoms with Gasteiger partial charge < -0.3 is 0 Å². The lowest BCUT2D eigenvalue weighted by Gasteiger charge is -2.11. The van der Waals surface area contributed by atoms with Gasteiger partial charge in [0.15, 0.2) is 11.6 Å². The van der Waals surface area contributed by atoms with E-state index in [1.54, 1.807) is 10.4 Å². The number of aromatic nitrogens is 4.